The molecule has 0 fully saturated rings. The molecule has 0 aliphatic carbocycles. The normalized spacial score (nSPS) is 12.0. The fourth-order valence-corrected chi connectivity index (χ4v) is 2.42. The third-order valence-electron chi connectivity index (χ3n) is 4.45. The molecule has 0 saturated heterocycles. The zero-order chi connectivity index (χ0) is 20.6. The van der Waals surface area contributed by atoms with Crippen molar-refractivity contribution in [3.8, 4) is 11.5 Å². The van der Waals surface area contributed by atoms with E-state index in [0.29, 0.717) is 11.0 Å². The third-order valence-corrected chi connectivity index (χ3v) is 4.45. The fraction of sp³-hybridized carbons (Fsp3) is 0.350. The van der Waals surface area contributed by atoms with Crippen LogP contribution in [0.15, 0.2) is 35.3 Å². The molecule has 10 heteroatoms. The maximum Gasteiger partial charge on any atom is 0.294 e. The molecule has 2 aromatic heterocycles. The second-order valence-electron chi connectivity index (χ2n) is 7.02. The summed E-state index contributed by atoms with van der Waals surface area (Å²) >= 11 is 0. The number of nitrogens with one attached hydrogen (secondary N) is 1. The van der Waals surface area contributed by atoms with Gasteiger partial charge < -0.3 is 15.2 Å². The molecule has 3 rings (SSSR count). The number of ether oxygens (including phenoxy) is 1. The molecule has 3 aromatic rings. The van der Waals surface area contributed by atoms with Crippen molar-refractivity contribution in [2.24, 2.45) is 7.05 Å². The number of nitrogens with zero attached hydrogens (tertiary/aromatic N) is 3. The van der Waals surface area contributed by atoms with Crippen LogP contribution in [0.5, 0.6) is 11.5 Å². The molecule has 0 spiro atoms. The first-order valence-electron chi connectivity index (χ1n) is 8.55. The number of aliphatic hydroxyl groups is 1. The molecule has 0 aliphatic heterocycles. The molecule has 1 aromatic carbocycles. The van der Waals surface area contributed by atoms with Gasteiger partial charge >= 0.3 is 0 Å². The Morgan fingerprint density at radius 2 is 1.87 bits per heavy atom. The third kappa shape index (κ3) is 5.03. The van der Waals surface area contributed by atoms with Gasteiger partial charge in [-0.1, -0.05) is 13.5 Å². The van der Waals surface area contributed by atoms with Crippen molar-refractivity contribution in [3.05, 3.63) is 52.5 Å². The van der Waals surface area contributed by atoms with Crippen LogP contribution in [0.25, 0.3) is 11.0 Å². The highest BCUT2D eigenvalue weighted by atomic mass is 35.5. The van der Waals surface area contributed by atoms with Gasteiger partial charge in [0.1, 0.15) is 5.65 Å². The number of rotatable bonds is 5. The number of aryl methyl sites for hydroxylation is 1. The highest BCUT2D eigenvalue weighted by Gasteiger charge is 2.23. The van der Waals surface area contributed by atoms with Crippen molar-refractivity contribution in [1.82, 2.24) is 14.5 Å². The van der Waals surface area contributed by atoms with Gasteiger partial charge in [-0.3, -0.25) is 9.36 Å². The predicted octanol–water partition coefficient (Wildman–Crippen LogP) is 4.03. The Kier molecular flexibility index (Phi) is 7.88. The van der Waals surface area contributed by atoms with Gasteiger partial charge in [-0.05, 0) is 39.0 Å². The van der Waals surface area contributed by atoms with Crippen LogP contribution >= 0.6 is 12.4 Å². The molecule has 0 bridgehead atoms. The lowest BCUT2D eigenvalue weighted by Gasteiger charge is -2.26. The van der Waals surface area contributed by atoms with Gasteiger partial charge in [0, 0.05) is 18.6 Å². The van der Waals surface area contributed by atoms with Gasteiger partial charge in [-0.25, -0.2) is 13.8 Å². The Bertz CT molecular complexity index is 1080. The number of aromatic nitrogens is 3. The first-order chi connectivity index (χ1) is 13.1. The van der Waals surface area contributed by atoms with Gasteiger partial charge in [0.2, 0.25) is 5.95 Å². The maximum atomic E-state index is 13.8. The summed E-state index contributed by atoms with van der Waals surface area (Å²) in [6.45, 7) is 5.06. The minimum atomic E-state index is -1.01. The summed E-state index contributed by atoms with van der Waals surface area (Å²) in [6, 6.07) is 4.25. The van der Waals surface area contributed by atoms with Crippen molar-refractivity contribution in [2.75, 3.05) is 5.32 Å². The van der Waals surface area contributed by atoms with E-state index >= 15 is 0 Å². The lowest BCUT2D eigenvalue weighted by atomic mass is 10.0. The first kappa shape index (κ1) is 25.3. The molecule has 0 saturated carbocycles. The van der Waals surface area contributed by atoms with E-state index < -0.39 is 28.5 Å². The minimum absolute atomic E-state index is 0. The van der Waals surface area contributed by atoms with Crippen molar-refractivity contribution in [3.63, 3.8) is 0 Å². The smallest absolute Gasteiger partial charge is 0.294 e. The molecule has 0 aliphatic rings. The molecule has 2 N–H and O–H groups in total. The highest BCUT2D eigenvalue weighted by molar-refractivity contribution is 5.85. The van der Waals surface area contributed by atoms with Crippen molar-refractivity contribution >= 4 is 29.4 Å². The van der Waals surface area contributed by atoms with E-state index in [0.717, 1.165) is 12.1 Å². The monoisotopic (exact) mass is 442 g/mol. The number of para-hydroxylation sites is 1. The Labute approximate surface area is 179 Å². The molecule has 30 heavy (non-hydrogen) atoms. The lowest BCUT2D eigenvalue weighted by molar-refractivity contribution is 0.0646. The molecular formula is C20H25ClF2N4O3. The van der Waals surface area contributed by atoms with E-state index in [1.54, 1.807) is 20.8 Å². The standard InChI is InChI=1S/C19H20F2N4O3.CH4.ClH/c1-10(19(2,3)27)23-18-22-9-11-8-14(17(26)25(4)16(11)24-18)28-15-12(20)6-5-7-13(15)21;;/h5-10,27H,1-4H3,(H,22,23,24);1H4;1H/t10-;;/m0../s1. The van der Waals surface area contributed by atoms with E-state index in [1.165, 1.54) is 29.9 Å². The largest absolute Gasteiger partial charge is 0.445 e. The van der Waals surface area contributed by atoms with E-state index in [2.05, 4.69) is 15.3 Å². The second-order valence-corrected chi connectivity index (χ2v) is 7.02. The van der Waals surface area contributed by atoms with Crippen LogP contribution in [-0.4, -0.2) is 31.3 Å². The summed E-state index contributed by atoms with van der Waals surface area (Å²) in [6.07, 6.45) is 1.45. The average molecular weight is 443 g/mol. The molecule has 2 heterocycles. The summed E-state index contributed by atoms with van der Waals surface area (Å²) in [4.78, 5) is 21.0. The Morgan fingerprint density at radius 1 is 1.27 bits per heavy atom. The number of hydrogen-bond donors (Lipinski definition) is 2. The Balaban J connectivity index is 0.00000225. The zero-order valence-electron chi connectivity index (χ0n) is 16.2. The van der Waals surface area contributed by atoms with Crippen molar-refractivity contribution in [1.29, 1.82) is 0 Å². The van der Waals surface area contributed by atoms with Gasteiger partial charge in [-0.2, -0.15) is 4.98 Å². The first-order valence-corrected chi connectivity index (χ1v) is 8.55. The Morgan fingerprint density at radius 3 is 2.43 bits per heavy atom. The van der Waals surface area contributed by atoms with Crippen molar-refractivity contribution < 1.29 is 18.6 Å². The SMILES string of the molecule is C.C[C@H](Nc1ncc2cc(Oc3c(F)cccc3F)c(=O)n(C)c2n1)C(C)(C)O.Cl. The van der Waals surface area contributed by atoms with Crippen LogP contribution in [0.4, 0.5) is 14.7 Å². The minimum Gasteiger partial charge on any atom is -0.445 e. The van der Waals surface area contributed by atoms with Crippen LogP contribution in [0.3, 0.4) is 0 Å². The number of halogens is 3. The van der Waals surface area contributed by atoms with E-state index in [4.69, 9.17) is 4.74 Å². The van der Waals surface area contributed by atoms with Crippen LogP contribution in [0.1, 0.15) is 28.2 Å². The molecule has 0 unspecified atom stereocenters. The van der Waals surface area contributed by atoms with Gasteiger partial charge in [0.15, 0.2) is 23.1 Å². The quantitative estimate of drug-likeness (QED) is 0.620. The van der Waals surface area contributed by atoms with Gasteiger partial charge in [-0.15, -0.1) is 12.4 Å². The van der Waals surface area contributed by atoms with Gasteiger partial charge in [0.05, 0.1) is 11.6 Å². The molecule has 7 nitrogen and oxygen atoms in total. The summed E-state index contributed by atoms with van der Waals surface area (Å²) in [7, 11) is 1.46. The summed E-state index contributed by atoms with van der Waals surface area (Å²) in [5.41, 5.74) is -1.33. The number of fused-ring (bicyclic) bond motifs is 1. The number of hydrogen-bond acceptors (Lipinski definition) is 6. The van der Waals surface area contributed by atoms with E-state index in [1.807, 2.05) is 0 Å². The van der Waals surface area contributed by atoms with Crippen molar-refractivity contribution in [2.45, 2.75) is 39.8 Å². The molecule has 1 atom stereocenters. The summed E-state index contributed by atoms with van der Waals surface area (Å²) in [5.74, 6) is -2.52. The van der Waals surface area contributed by atoms with Crippen LogP contribution in [-0.2, 0) is 7.05 Å². The van der Waals surface area contributed by atoms with E-state index in [-0.39, 0.29) is 37.6 Å². The molecule has 0 amide bonds. The van der Waals surface area contributed by atoms with Crippen LogP contribution in [0, 0.1) is 11.6 Å². The molecule has 164 valence electrons. The summed E-state index contributed by atoms with van der Waals surface area (Å²) < 4.78 is 34.1. The fourth-order valence-electron chi connectivity index (χ4n) is 2.42. The lowest BCUT2D eigenvalue weighted by Crippen LogP contribution is -2.39. The number of anilines is 1. The highest BCUT2D eigenvalue weighted by Crippen LogP contribution is 2.27. The van der Waals surface area contributed by atoms with Crippen LogP contribution in [0.2, 0.25) is 0 Å². The van der Waals surface area contributed by atoms with Crippen LogP contribution < -0.4 is 15.6 Å². The average Bonchev–Trinajstić information content (AvgIpc) is 2.62. The molecule has 0 radical (unpaired) electrons. The summed E-state index contributed by atoms with van der Waals surface area (Å²) in [5, 5.41) is 13.4. The topological polar surface area (TPSA) is 89.3 Å². The number of benzene rings is 1. The zero-order valence-corrected chi connectivity index (χ0v) is 17.1. The number of pyridine rings is 1. The van der Waals surface area contributed by atoms with Gasteiger partial charge in [0.25, 0.3) is 5.56 Å². The molecular weight excluding hydrogens is 418 g/mol. The van der Waals surface area contributed by atoms with E-state index in [9.17, 15) is 18.7 Å². The predicted molar refractivity (Wildman–Crippen MR) is 115 cm³/mol. The second kappa shape index (κ2) is 9.36. The maximum absolute atomic E-state index is 13.8. The Hall–Kier alpha value is -2.78.